The molecule has 1 fully saturated rings. The number of nitrogens with two attached hydrogens (primary N) is 1. The number of hydrogen-bond acceptors (Lipinski definition) is 4. The third kappa shape index (κ3) is 3.18. The Labute approximate surface area is 112 Å². The van der Waals surface area contributed by atoms with Crippen molar-refractivity contribution in [3.05, 3.63) is 16.1 Å². The van der Waals surface area contributed by atoms with Crippen molar-refractivity contribution < 1.29 is 4.79 Å². The highest BCUT2D eigenvalue weighted by Gasteiger charge is 2.27. The summed E-state index contributed by atoms with van der Waals surface area (Å²) in [6, 6.07) is 0.423. The van der Waals surface area contributed by atoms with Crippen LogP contribution in [-0.4, -0.2) is 35.4 Å². The van der Waals surface area contributed by atoms with Gasteiger partial charge in [0.2, 0.25) is 0 Å². The van der Waals surface area contributed by atoms with Crippen molar-refractivity contribution in [1.29, 1.82) is 0 Å². The summed E-state index contributed by atoms with van der Waals surface area (Å²) in [5, 5.41) is 2.79. The number of rotatable bonds is 4. The van der Waals surface area contributed by atoms with Crippen molar-refractivity contribution in [2.24, 2.45) is 5.73 Å². The number of thiazole rings is 1. The van der Waals surface area contributed by atoms with Crippen LogP contribution in [-0.2, 0) is 6.42 Å². The van der Waals surface area contributed by atoms with Crippen LogP contribution in [0.4, 0.5) is 0 Å². The molecule has 0 aliphatic heterocycles. The molecule has 0 unspecified atom stereocenters. The second-order valence-corrected chi connectivity index (χ2v) is 5.11. The third-order valence-electron chi connectivity index (χ3n) is 3.07. The Morgan fingerprint density at radius 1 is 1.65 bits per heavy atom. The number of aromatic nitrogens is 1. The zero-order valence-corrected chi connectivity index (χ0v) is 11.5. The Hall–Kier alpha value is -0.650. The van der Waals surface area contributed by atoms with Crippen molar-refractivity contribution >= 4 is 29.7 Å². The molecule has 17 heavy (non-hydrogen) atoms. The molecule has 0 bridgehead atoms. The first-order valence-corrected chi connectivity index (χ1v) is 6.52. The minimum absolute atomic E-state index is 0. The lowest BCUT2D eigenvalue weighted by atomic mass is 9.92. The van der Waals surface area contributed by atoms with E-state index in [2.05, 4.69) is 4.98 Å². The predicted molar refractivity (Wildman–Crippen MR) is 71.9 cm³/mol. The molecule has 1 aliphatic rings. The summed E-state index contributed by atoms with van der Waals surface area (Å²) in [7, 11) is 1.87. The molecule has 0 atom stereocenters. The van der Waals surface area contributed by atoms with Crippen LogP contribution in [0.25, 0.3) is 0 Å². The fraction of sp³-hybridized carbons (Fsp3) is 0.636. The zero-order chi connectivity index (χ0) is 11.5. The maximum atomic E-state index is 12.0. The topological polar surface area (TPSA) is 59.2 Å². The summed E-state index contributed by atoms with van der Waals surface area (Å²) < 4.78 is 0. The van der Waals surface area contributed by atoms with Crippen LogP contribution in [0.1, 0.15) is 34.8 Å². The lowest BCUT2D eigenvalue weighted by molar-refractivity contribution is 0.0646. The minimum Gasteiger partial charge on any atom is -0.337 e. The molecule has 2 rings (SSSR count). The van der Waals surface area contributed by atoms with Crippen LogP contribution >= 0.6 is 23.7 Å². The van der Waals surface area contributed by atoms with Crippen molar-refractivity contribution in [2.75, 3.05) is 13.6 Å². The van der Waals surface area contributed by atoms with Gasteiger partial charge in [0.1, 0.15) is 5.69 Å². The lowest BCUT2D eigenvalue weighted by Crippen LogP contribution is -2.41. The van der Waals surface area contributed by atoms with E-state index in [1.807, 2.05) is 17.3 Å². The molecule has 0 radical (unpaired) electrons. The van der Waals surface area contributed by atoms with Crippen LogP contribution in [0.5, 0.6) is 0 Å². The summed E-state index contributed by atoms with van der Waals surface area (Å²) in [6.07, 6.45) is 4.24. The van der Waals surface area contributed by atoms with Crippen LogP contribution < -0.4 is 5.73 Å². The van der Waals surface area contributed by atoms with Gasteiger partial charge in [-0.1, -0.05) is 0 Å². The van der Waals surface area contributed by atoms with E-state index in [0.29, 0.717) is 18.3 Å². The predicted octanol–water partition coefficient (Wildman–Crippen LogP) is 1.69. The first-order chi connectivity index (χ1) is 7.72. The van der Waals surface area contributed by atoms with Gasteiger partial charge < -0.3 is 10.6 Å². The fourth-order valence-corrected chi connectivity index (χ4v) is 2.56. The number of carbonyl (C=O) groups excluding carboxylic acids is 1. The zero-order valence-electron chi connectivity index (χ0n) is 9.89. The maximum Gasteiger partial charge on any atom is 0.273 e. The first-order valence-electron chi connectivity index (χ1n) is 5.64. The van der Waals surface area contributed by atoms with E-state index < -0.39 is 0 Å². The van der Waals surface area contributed by atoms with Crippen molar-refractivity contribution in [1.82, 2.24) is 9.88 Å². The van der Waals surface area contributed by atoms with E-state index in [1.165, 1.54) is 17.8 Å². The molecule has 0 spiro atoms. The highest BCUT2D eigenvalue weighted by molar-refractivity contribution is 7.09. The van der Waals surface area contributed by atoms with E-state index >= 15 is 0 Å². The van der Waals surface area contributed by atoms with Gasteiger partial charge in [-0.15, -0.1) is 23.7 Å². The standard InChI is InChI=1S/C11H17N3OS.ClH/c1-14(8-3-2-4-8)11(15)9-7-16-10(13-9)5-6-12;/h7-8H,2-6,12H2,1H3;1H. The van der Waals surface area contributed by atoms with Gasteiger partial charge in [-0.25, -0.2) is 4.98 Å². The molecule has 1 aromatic rings. The van der Waals surface area contributed by atoms with Crippen molar-refractivity contribution in [3.8, 4) is 0 Å². The highest BCUT2D eigenvalue weighted by atomic mass is 35.5. The Bertz CT molecular complexity index is 379. The molecular formula is C11H18ClN3OS. The van der Waals surface area contributed by atoms with Crippen LogP contribution in [0, 0.1) is 0 Å². The average Bonchev–Trinajstić information content (AvgIpc) is 2.63. The van der Waals surface area contributed by atoms with Crippen molar-refractivity contribution in [3.63, 3.8) is 0 Å². The highest BCUT2D eigenvalue weighted by Crippen LogP contribution is 2.25. The van der Waals surface area contributed by atoms with Gasteiger partial charge in [-0.2, -0.15) is 0 Å². The van der Waals surface area contributed by atoms with Crippen LogP contribution in [0.15, 0.2) is 5.38 Å². The average molecular weight is 276 g/mol. The van der Waals surface area contributed by atoms with E-state index in [9.17, 15) is 4.79 Å². The van der Waals surface area contributed by atoms with Crippen LogP contribution in [0.2, 0.25) is 0 Å². The van der Waals surface area contributed by atoms with Crippen molar-refractivity contribution in [2.45, 2.75) is 31.7 Å². The van der Waals surface area contributed by atoms with E-state index in [1.54, 1.807) is 0 Å². The Balaban J connectivity index is 0.00000144. The largest absolute Gasteiger partial charge is 0.337 e. The third-order valence-corrected chi connectivity index (χ3v) is 3.98. The molecule has 4 nitrogen and oxygen atoms in total. The normalized spacial score (nSPS) is 14.9. The molecular weight excluding hydrogens is 258 g/mol. The summed E-state index contributed by atoms with van der Waals surface area (Å²) >= 11 is 1.52. The molecule has 6 heteroatoms. The number of carbonyl (C=O) groups is 1. The van der Waals surface area contributed by atoms with Gasteiger partial charge in [0.25, 0.3) is 5.91 Å². The Morgan fingerprint density at radius 2 is 2.35 bits per heavy atom. The molecule has 0 aromatic carbocycles. The van der Waals surface area contributed by atoms with Gasteiger partial charge in [0.15, 0.2) is 0 Å². The summed E-state index contributed by atoms with van der Waals surface area (Å²) in [4.78, 5) is 18.2. The van der Waals surface area contributed by atoms with Gasteiger partial charge in [0, 0.05) is 24.9 Å². The SMILES string of the molecule is CN(C(=O)c1csc(CCN)n1)C1CCC1.Cl. The number of nitrogens with zero attached hydrogens (tertiary/aromatic N) is 2. The van der Waals surface area contributed by atoms with E-state index in [4.69, 9.17) is 5.73 Å². The fourth-order valence-electron chi connectivity index (χ4n) is 1.77. The number of halogens is 1. The molecule has 1 heterocycles. The molecule has 1 aromatic heterocycles. The van der Waals surface area contributed by atoms with Gasteiger partial charge in [-0.05, 0) is 25.8 Å². The Kier molecular flexibility index (Phi) is 5.36. The lowest BCUT2D eigenvalue weighted by Gasteiger charge is -2.34. The van der Waals surface area contributed by atoms with Crippen LogP contribution in [0.3, 0.4) is 0 Å². The summed E-state index contributed by atoms with van der Waals surface area (Å²) in [6.45, 7) is 0.583. The molecule has 2 N–H and O–H groups in total. The number of hydrogen-bond donors (Lipinski definition) is 1. The molecule has 1 aliphatic carbocycles. The molecule has 1 amide bonds. The van der Waals surface area contributed by atoms with Gasteiger partial charge in [-0.3, -0.25) is 4.79 Å². The first kappa shape index (κ1) is 14.4. The summed E-state index contributed by atoms with van der Waals surface area (Å²) in [5.41, 5.74) is 6.03. The number of amides is 1. The minimum atomic E-state index is 0. The monoisotopic (exact) mass is 275 g/mol. The summed E-state index contributed by atoms with van der Waals surface area (Å²) in [5.74, 6) is 0.0456. The molecule has 1 saturated carbocycles. The van der Waals surface area contributed by atoms with E-state index in [0.717, 1.165) is 24.3 Å². The van der Waals surface area contributed by atoms with Gasteiger partial charge in [0.05, 0.1) is 5.01 Å². The van der Waals surface area contributed by atoms with Gasteiger partial charge >= 0.3 is 0 Å². The molecule has 0 saturated heterocycles. The Morgan fingerprint density at radius 3 is 2.88 bits per heavy atom. The second-order valence-electron chi connectivity index (χ2n) is 4.17. The smallest absolute Gasteiger partial charge is 0.273 e. The molecule has 96 valence electrons. The van der Waals surface area contributed by atoms with E-state index in [-0.39, 0.29) is 18.3 Å². The second kappa shape index (κ2) is 6.33. The maximum absolute atomic E-state index is 12.0. The quantitative estimate of drug-likeness (QED) is 0.910.